The molecule has 0 radical (unpaired) electrons. The maximum Gasteiger partial charge on any atom is 0.325 e. The number of nitrogens with one attached hydrogen (secondary N) is 1. The maximum absolute atomic E-state index is 14.0. The lowest BCUT2D eigenvalue weighted by molar-refractivity contribution is -0.143. The van der Waals surface area contributed by atoms with Crippen LogP contribution in [0.25, 0.3) is 22.0 Å². The molecule has 2 aromatic carbocycles. The molecule has 1 aliphatic rings. The van der Waals surface area contributed by atoms with Gasteiger partial charge in [0.2, 0.25) is 0 Å². The van der Waals surface area contributed by atoms with Crippen LogP contribution in [0.4, 0.5) is 10.4 Å². The highest BCUT2D eigenvalue weighted by atomic mass is 35.5. The Hall–Kier alpha value is -3.06. The number of anilines is 1. The Labute approximate surface area is 182 Å². The molecule has 8 heteroatoms. The standard InChI is InChI=1S/C23H21ClFN3O3/c1-2-30-22(29)12-28-19-7-4-14(25)10-16(19)17-11-15(5-8-20(17)28)26-23-27-18-6-3-13(24)9-21(18)31-23/h3-4,6-7,9-10,15H,2,5,8,11-12H2,1H3,(H,26,27)/t15-/m0/s1. The third-order valence-electron chi connectivity index (χ3n) is 5.70. The number of halogens is 2. The summed E-state index contributed by atoms with van der Waals surface area (Å²) < 4.78 is 26.9. The average molecular weight is 442 g/mol. The first-order chi connectivity index (χ1) is 15.0. The number of hydrogen-bond donors (Lipinski definition) is 1. The summed E-state index contributed by atoms with van der Waals surface area (Å²) in [5.74, 6) is -0.591. The van der Waals surface area contributed by atoms with Crippen molar-refractivity contribution >= 4 is 45.6 Å². The predicted octanol–water partition coefficient (Wildman–Crippen LogP) is 5.11. The molecule has 1 aliphatic carbocycles. The lowest BCUT2D eigenvalue weighted by Gasteiger charge is -2.24. The molecule has 0 fully saturated rings. The first-order valence-electron chi connectivity index (χ1n) is 10.3. The second-order valence-corrected chi connectivity index (χ2v) is 8.13. The lowest BCUT2D eigenvalue weighted by atomic mass is 9.91. The fourth-order valence-corrected chi connectivity index (χ4v) is 4.56. The number of nitrogens with zero attached hydrogens (tertiary/aromatic N) is 2. The third-order valence-corrected chi connectivity index (χ3v) is 5.93. The van der Waals surface area contributed by atoms with Crippen LogP contribution in [0.2, 0.25) is 5.02 Å². The highest BCUT2D eigenvalue weighted by Gasteiger charge is 2.27. The van der Waals surface area contributed by atoms with E-state index in [1.165, 1.54) is 6.07 Å². The van der Waals surface area contributed by atoms with E-state index in [4.69, 9.17) is 20.8 Å². The topological polar surface area (TPSA) is 69.3 Å². The highest BCUT2D eigenvalue weighted by Crippen LogP contribution is 2.34. The number of oxazole rings is 1. The van der Waals surface area contributed by atoms with Crippen LogP contribution in [-0.2, 0) is 28.9 Å². The quantitative estimate of drug-likeness (QED) is 0.436. The van der Waals surface area contributed by atoms with Crippen LogP contribution in [0.1, 0.15) is 24.6 Å². The number of aromatic nitrogens is 2. The monoisotopic (exact) mass is 441 g/mol. The molecule has 0 saturated heterocycles. The molecule has 1 N–H and O–H groups in total. The van der Waals surface area contributed by atoms with E-state index >= 15 is 0 Å². The average Bonchev–Trinajstić information content (AvgIpc) is 3.26. The second kappa shape index (κ2) is 7.89. The molecule has 2 heterocycles. The Bertz CT molecular complexity index is 1300. The van der Waals surface area contributed by atoms with Gasteiger partial charge in [-0.05, 0) is 62.1 Å². The maximum atomic E-state index is 14.0. The van der Waals surface area contributed by atoms with Crippen molar-refractivity contribution in [2.45, 2.75) is 38.8 Å². The van der Waals surface area contributed by atoms with Gasteiger partial charge in [-0.15, -0.1) is 0 Å². The van der Waals surface area contributed by atoms with Crippen LogP contribution in [0.15, 0.2) is 40.8 Å². The van der Waals surface area contributed by atoms with Crippen molar-refractivity contribution in [1.29, 1.82) is 0 Å². The SMILES string of the molecule is CCOC(=O)Cn1c2c(c3cc(F)ccc31)C[C@@H](Nc1nc3ccc(Cl)cc3o1)CC2. The van der Waals surface area contributed by atoms with E-state index in [0.717, 1.165) is 40.5 Å². The Morgan fingerprint density at radius 3 is 3.06 bits per heavy atom. The summed E-state index contributed by atoms with van der Waals surface area (Å²) in [4.78, 5) is 16.6. The Morgan fingerprint density at radius 1 is 1.35 bits per heavy atom. The van der Waals surface area contributed by atoms with Crippen LogP contribution >= 0.6 is 11.6 Å². The van der Waals surface area contributed by atoms with Crippen molar-refractivity contribution in [1.82, 2.24) is 9.55 Å². The zero-order chi connectivity index (χ0) is 21.5. The number of hydrogen-bond acceptors (Lipinski definition) is 5. The highest BCUT2D eigenvalue weighted by molar-refractivity contribution is 6.31. The van der Waals surface area contributed by atoms with Gasteiger partial charge in [0.15, 0.2) is 5.58 Å². The van der Waals surface area contributed by atoms with E-state index in [1.807, 2.05) is 10.6 Å². The van der Waals surface area contributed by atoms with Gasteiger partial charge in [0, 0.05) is 33.7 Å². The minimum Gasteiger partial charge on any atom is -0.465 e. The molecule has 0 aliphatic heterocycles. The van der Waals surface area contributed by atoms with Crippen LogP contribution in [0, 0.1) is 5.82 Å². The van der Waals surface area contributed by atoms with E-state index in [9.17, 15) is 9.18 Å². The fraction of sp³-hybridized carbons (Fsp3) is 0.304. The van der Waals surface area contributed by atoms with E-state index in [0.29, 0.717) is 29.6 Å². The molecule has 1 atom stereocenters. The molecule has 2 aromatic heterocycles. The van der Waals surface area contributed by atoms with Crippen molar-refractivity contribution in [3.63, 3.8) is 0 Å². The van der Waals surface area contributed by atoms with Gasteiger partial charge in [-0.25, -0.2) is 4.39 Å². The largest absolute Gasteiger partial charge is 0.465 e. The number of esters is 1. The van der Waals surface area contributed by atoms with Gasteiger partial charge in [-0.3, -0.25) is 4.79 Å². The summed E-state index contributed by atoms with van der Waals surface area (Å²) in [5, 5.41) is 4.79. The summed E-state index contributed by atoms with van der Waals surface area (Å²) in [6, 6.07) is 10.5. The van der Waals surface area contributed by atoms with E-state index < -0.39 is 0 Å². The molecule has 5 rings (SSSR count). The summed E-state index contributed by atoms with van der Waals surface area (Å²) >= 11 is 6.03. The molecule has 31 heavy (non-hydrogen) atoms. The predicted molar refractivity (Wildman–Crippen MR) is 117 cm³/mol. The molecule has 4 aromatic rings. The molecule has 0 spiro atoms. The molecular formula is C23H21ClFN3O3. The summed E-state index contributed by atoms with van der Waals surface area (Å²) in [7, 11) is 0. The number of fused-ring (bicyclic) bond motifs is 4. The van der Waals surface area contributed by atoms with Gasteiger partial charge < -0.3 is 19.0 Å². The Morgan fingerprint density at radius 2 is 2.23 bits per heavy atom. The van der Waals surface area contributed by atoms with E-state index in [2.05, 4.69) is 10.3 Å². The summed E-state index contributed by atoms with van der Waals surface area (Å²) in [6.07, 6.45) is 2.24. The van der Waals surface area contributed by atoms with Gasteiger partial charge in [-0.2, -0.15) is 4.98 Å². The molecule has 0 unspecified atom stereocenters. The number of carbonyl (C=O) groups is 1. The third kappa shape index (κ3) is 3.74. The molecule has 0 saturated carbocycles. The van der Waals surface area contributed by atoms with Crippen LogP contribution in [-0.4, -0.2) is 28.2 Å². The molecule has 0 amide bonds. The number of benzene rings is 2. The second-order valence-electron chi connectivity index (χ2n) is 7.69. The number of ether oxygens (including phenoxy) is 1. The van der Waals surface area contributed by atoms with Crippen LogP contribution in [0.5, 0.6) is 0 Å². The van der Waals surface area contributed by atoms with E-state index in [1.54, 1.807) is 31.2 Å². The first kappa shape index (κ1) is 19.9. The van der Waals surface area contributed by atoms with Crippen molar-refractivity contribution in [2.24, 2.45) is 0 Å². The van der Waals surface area contributed by atoms with Crippen molar-refractivity contribution in [2.75, 3.05) is 11.9 Å². The van der Waals surface area contributed by atoms with Crippen molar-refractivity contribution in [3.8, 4) is 0 Å². The first-order valence-corrected chi connectivity index (χ1v) is 10.7. The minimum absolute atomic E-state index is 0.0703. The zero-order valence-electron chi connectivity index (χ0n) is 17.0. The number of rotatable bonds is 5. The minimum atomic E-state index is -0.297. The lowest BCUT2D eigenvalue weighted by Crippen LogP contribution is -2.28. The smallest absolute Gasteiger partial charge is 0.325 e. The number of carbonyl (C=O) groups excluding carboxylic acids is 1. The van der Waals surface area contributed by atoms with Gasteiger partial charge in [-0.1, -0.05) is 11.6 Å². The zero-order valence-corrected chi connectivity index (χ0v) is 17.7. The van der Waals surface area contributed by atoms with Gasteiger partial charge in [0.1, 0.15) is 17.9 Å². The molecule has 160 valence electrons. The van der Waals surface area contributed by atoms with Crippen molar-refractivity contribution in [3.05, 3.63) is 58.5 Å². The molecular weight excluding hydrogens is 421 g/mol. The Kier molecular flexibility index (Phi) is 5.06. The van der Waals surface area contributed by atoms with Crippen molar-refractivity contribution < 1.29 is 18.3 Å². The van der Waals surface area contributed by atoms with Gasteiger partial charge in [0.25, 0.3) is 6.01 Å². The van der Waals surface area contributed by atoms with Crippen LogP contribution in [0.3, 0.4) is 0 Å². The van der Waals surface area contributed by atoms with E-state index in [-0.39, 0.29) is 24.4 Å². The van der Waals surface area contributed by atoms with Crippen LogP contribution < -0.4 is 5.32 Å². The molecule has 6 nitrogen and oxygen atoms in total. The molecule has 0 bridgehead atoms. The Balaban J connectivity index is 1.46. The van der Waals surface area contributed by atoms with Gasteiger partial charge in [0.05, 0.1) is 6.61 Å². The summed E-state index contributed by atoms with van der Waals surface area (Å²) in [6.45, 7) is 2.23. The normalized spacial score (nSPS) is 15.9. The fourth-order valence-electron chi connectivity index (χ4n) is 4.40. The summed E-state index contributed by atoms with van der Waals surface area (Å²) in [5.41, 5.74) is 4.30. The van der Waals surface area contributed by atoms with Gasteiger partial charge >= 0.3 is 5.97 Å².